The first kappa shape index (κ1) is 5.09. The van der Waals surface area contributed by atoms with Gasteiger partial charge in [0.1, 0.15) is 0 Å². The second-order valence-corrected chi connectivity index (χ2v) is 1.59. The molecule has 42 valence electrons. The molecule has 0 saturated heterocycles. The van der Waals surface area contributed by atoms with Crippen LogP contribution in [0.3, 0.4) is 0 Å². The van der Waals surface area contributed by atoms with Gasteiger partial charge in [-0.3, -0.25) is 4.99 Å². The van der Waals surface area contributed by atoms with Crippen molar-refractivity contribution in [1.29, 1.82) is 0 Å². The third-order valence-corrected chi connectivity index (χ3v) is 0.990. The van der Waals surface area contributed by atoms with Crippen molar-refractivity contribution in [1.82, 2.24) is 0 Å². The number of nitrogens with two attached hydrogens (primary N) is 1. The van der Waals surface area contributed by atoms with E-state index in [1.807, 2.05) is 12.2 Å². The summed E-state index contributed by atoms with van der Waals surface area (Å²) in [6.07, 6.45) is 7.18. The third kappa shape index (κ3) is 0.964. The molecule has 1 rings (SSSR count). The summed E-state index contributed by atoms with van der Waals surface area (Å²) in [5, 5.41) is 0. The van der Waals surface area contributed by atoms with Crippen molar-refractivity contribution in [3.63, 3.8) is 0 Å². The molecule has 0 unspecified atom stereocenters. The lowest BCUT2D eigenvalue weighted by Gasteiger charge is -1.97. The van der Waals surface area contributed by atoms with E-state index in [0.29, 0.717) is 0 Å². The van der Waals surface area contributed by atoms with Crippen molar-refractivity contribution >= 4 is 6.21 Å². The number of rotatable bonds is 0. The van der Waals surface area contributed by atoms with Crippen molar-refractivity contribution in [2.24, 2.45) is 10.7 Å². The molecule has 0 fully saturated rings. The minimum Gasteiger partial charge on any atom is -0.404 e. The number of dihydropyridines is 1. The summed E-state index contributed by atoms with van der Waals surface area (Å²) in [5.41, 5.74) is 6.29. The molecule has 0 aromatic heterocycles. The fourth-order valence-corrected chi connectivity index (χ4v) is 0.547. The fourth-order valence-electron chi connectivity index (χ4n) is 0.547. The molecule has 0 aliphatic carbocycles. The number of hydrogen-bond acceptors (Lipinski definition) is 2. The molecule has 8 heavy (non-hydrogen) atoms. The molecule has 0 atom stereocenters. The predicted molar refractivity (Wildman–Crippen MR) is 34.8 cm³/mol. The SMILES string of the molecule is N/C=C1\C=CC=NC1. The van der Waals surface area contributed by atoms with E-state index in [-0.39, 0.29) is 0 Å². The van der Waals surface area contributed by atoms with Crippen LogP contribution in [-0.4, -0.2) is 12.8 Å². The minimum absolute atomic E-state index is 0.729. The van der Waals surface area contributed by atoms with Gasteiger partial charge in [0.2, 0.25) is 0 Å². The molecule has 0 aromatic carbocycles. The number of hydrogen-bond donors (Lipinski definition) is 1. The number of nitrogens with zero attached hydrogens (tertiary/aromatic N) is 1. The van der Waals surface area contributed by atoms with Gasteiger partial charge in [0.05, 0.1) is 6.54 Å². The summed E-state index contributed by atoms with van der Waals surface area (Å²) < 4.78 is 0. The van der Waals surface area contributed by atoms with Gasteiger partial charge in [0.15, 0.2) is 0 Å². The van der Waals surface area contributed by atoms with Crippen molar-refractivity contribution in [2.45, 2.75) is 0 Å². The first-order valence-corrected chi connectivity index (χ1v) is 2.51. The molecule has 0 radical (unpaired) electrons. The molecule has 2 N–H and O–H groups in total. The second kappa shape index (κ2) is 2.31. The average Bonchev–Trinajstić information content (AvgIpc) is 1.90. The molecule has 0 spiro atoms. The zero-order chi connectivity index (χ0) is 5.82. The Hall–Kier alpha value is -1.05. The van der Waals surface area contributed by atoms with Gasteiger partial charge in [0.25, 0.3) is 0 Å². The highest BCUT2D eigenvalue weighted by Gasteiger charge is 1.89. The average molecular weight is 108 g/mol. The largest absolute Gasteiger partial charge is 0.404 e. The Morgan fingerprint density at radius 1 is 1.75 bits per heavy atom. The molecule has 1 heterocycles. The van der Waals surface area contributed by atoms with E-state index in [4.69, 9.17) is 5.73 Å². The van der Waals surface area contributed by atoms with E-state index in [0.717, 1.165) is 12.1 Å². The van der Waals surface area contributed by atoms with Gasteiger partial charge in [-0.15, -0.1) is 0 Å². The van der Waals surface area contributed by atoms with E-state index in [9.17, 15) is 0 Å². The quantitative estimate of drug-likeness (QED) is 0.481. The monoisotopic (exact) mass is 108 g/mol. The van der Waals surface area contributed by atoms with Crippen molar-refractivity contribution < 1.29 is 0 Å². The van der Waals surface area contributed by atoms with Gasteiger partial charge in [-0.1, -0.05) is 6.08 Å². The summed E-state index contributed by atoms with van der Waals surface area (Å²) in [7, 11) is 0. The molecule has 0 aromatic rings. The summed E-state index contributed by atoms with van der Waals surface area (Å²) in [4.78, 5) is 3.97. The van der Waals surface area contributed by atoms with Crippen molar-refractivity contribution in [2.75, 3.05) is 6.54 Å². The maximum Gasteiger partial charge on any atom is 0.0653 e. The van der Waals surface area contributed by atoms with Crippen LogP contribution in [0.25, 0.3) is 0 Å². The van der Waals surface area contributed by atoms with E-state index >= 15 is 0 Å². The van der Waals surface area contributed by atoms with Gasteiger partial charge in [-0.25, -0.2) is 0 Å². The minimum atomic E-state index is 0.729. The molecule has 2 nitrogen and oxygen atoms in total. The highest BCUT2D eigenvalue weighted by molar-refractivity contribution is 5.73. The Morgan fingerprint density at radius 2 is 2.62 bits per heavy atom. The molecule has 0 amide bonds. The van der Waals surface area contributed by atoms with Crippen LogP contribution >= 0.6 is 0 Å². The first-order chi connectivity index (χ1) is 3.93. The first-order valence-electron chi connectivity index (χ1n) is 2.51. The van der Waals surface area contributed by atoms with Gasteiger partial charge in [-0.05, 0) is 17.8 Å². The zero-order valence-corrected chi connectivity index (χ0v) is 4.54. The molecule has 1 aliphatic rings. The third-order valence-electron chi connectivity index (χ3n) is 0.990. The van der Waals surface area contributed by atoms with E-state index in [2.05, 4.69) is 4.99 Å². The van der Waals surface area contributed by atoms with Crippen LogP contribution in [0.5, 0.6) is 0 Å². The van der Waals surface area contributed by atoms with Crippen LogP contribution < -0.4 is 5.73 Å². The molecular formula is C6H8N2. The maximum atomic E-state index is 5.22. The highest BCUT2D eigenvalue weighted by Crippen LogP contribution is 1.97. The predicted octanol–water partition coefficient (Wildman–Crippen LogP) is 0.470. The van der Waals surface area contributed by atoms with Crippen LogP contribution in [0, 0.1) is 0 Å². The zero-order valence-electron chi connectivity index (χ0n) is 4.54. The summed E-state index contributed by atoms with van der Waals surface area (Å²) in [6.45, 7) is 0.729. The van der Waals surface area contributed by atoms with Gasteiger partial charge in [0, 0.05) is 6.21 Å². The lowest BCUT2D eigenvalue weighted by molar-refractivity contribution is 1.17. The normalized spacial score (nSPS) is 22.2. The molecule has 1 aliphatic heterocycles. The summed E-state index contributed by atoms with van der Waals surface area (Å²) >= 11 is 0. The van der Waals surface area contributed by atoms with Gasteiger partial charge in [-0.2, -0.15) is 0 Å². The molecule has 0 saturated carbocycles. The Kier molecular flexibility index (Phi) is 1.47. The second-order valence-electron chi connectivity index (χ2n) is 1.59. The van der Waals surface area contributed by atoms with Gasteiger partial charge < -0.3 is 5.73 Å². The van der Waals surface area contributed by atoms with E-state index in [1.165, 1.54) is 0 Å². The smallest absolute Gasteiger partial charge is 0.0653 e. The Labute approximate surface area is 48.4 Å². The van der Waals surface area contributed by atoms with Crippen LogP contribution in [0.15, 0.2) is 28.9 Å². The van der Waals surface area contributed by atoms with Crippen molar-refractivity contribution in [3.05, 3.63) is 23.9 Å². The summed E-state index contributed by atoms with van der Waals surface area (Å²) in [5.74, 6) is 0. The lowest BCUT2D eigenvalue weighted by Crippen LogP contribution is -1.93. The van der Waals surface area contributed by atoms with Crippen LogP contribution in [-0.2, 0) is 0 Å². The van der Waals surface area contributed by atoms with Crippen molar-refractivity contribution in [3.8, 4) is 0 Å². The van der Waals surface area contributed by atoms with E-state index < -0.39 is 0 Å². The Balaban J connectivity index is 2.66. The Morgan fingerprint density at radius 3 is 3.00 bits per heavy atom. The topological polar surface area (TPSA) is 38.4 Å². The Bertz CT molecular complexity index is 154. The molecule has 0 bridgehead atoms. The van der Waals surface area contributed by atoms with Crippen LogP contribution in [0.2, 0.25) is 0 Å². The number of aliphatic imine (C=N–C) groups is 1. The highest BCUT2D eigenvalue weighted by atomic mass is 14.7. The lowest BCUT2D eigenvalue weighted by atomic mass is 10.2. The van der Waals surface area contributed by atoms with E-state index in [1.54, 1.807) is 12.4 Å². The summed E-state index contributed by atoms with van der Waals surface area (Å²) in [6, 6.07) is 0. The standard InChI is InChI=1S/C6H8N2/c7-4-6-2-1-3-8-5-6/h1-4H,5,7H2/b6-4+. The van der Waals surface area contributed by atoms with Gasteiger partial charge >= 0.3 is 0 Å². The molecular weight excluding hydrogens is 100 g/mol. The fraction of sp³-hybridized carbons (Fsp3) is 0.167. The maximum absolute atomic E-state index is 5.22. The van der Waals surface area contributed by atoms with Crippen LogP contribution in [0.4, 0.5) is 0 Å². The molecule has 2 heteroatoms. The number of allylic oxidation sites excluding steroid dienone is 1. The van der Waals surface area contributed by atoms with Crippen LogP contribution in [0.1, 0.15) is 0 Å².